The van der Waals surface area contributed by atoms with E-state index in [0.717, 1.165) is 0 Å². The predicted octanol–water partition coefficient (Wildman–Crippen LogP) is 3.87. The number of anilines is 2. The summed E-state index contributed by atoms with van der Waals surface area (Å²) < 4.78 is 6.08. The van der Waals surface area contributed by atoms with E-state index in [-0.39, 0.29) is 12.5 Å². The van der Waals surface area contributed by atoms with E-state index < -0.39 is 5.76 Å². The molecule has 0 fully saturated rings. The van der Waals surface area contributed by atoms with E-state index >= 15 is 0 Å². The van der Waals surface area contributed by atoms with Gasteiger partial charge in [-0.25, -0.2) is 9.36 Å². The molecule has 0 bridgehead atoms. The maximum Gasteiger partial charge on any atom is 0.442 e. The number of nitrogens with zero attached hydrogens (tertiary/aromatic N) is 3. The Labute approximate surface area is 161 Å². The van der Waals surface area contributed by atoms with E-state index in [1.807, 2.05) is 91.0 Å². The molecule has 1 amide bonds. The SMILES string of the molecule is O=C(Cn1c(-c2ccccc2)noc1=O)N(c1ccccc1)c1ccccc1. The minimum Gasteiger partial charge on any atom is -0.295 e. The third kappa shape index (κ3) is 3.48. The molecule has 0 N–H and O–H groups in total. The quantitative estimate of drug-likeness (QED) is 0.534. The van der Waals surface area contributed by atoms with Crippen molar-refractivity contribution in [2.45, 2.75) is 6.54 Å². The molecule has 138 valence electrons. The van der Waals surface area contributed by atoms with Gasteiger partial charge in [-0.3, -0.25) is 14.2 Å². The van der Waals surface area contributed by atoms with Crippen LogP contribution in [0.5, 0.6) is 0 Å². The van der Waals surface area contributed by atoms with Gasteiger partial charge in [0, 0.05) is 16.9 Å². The molecule has 0 saturated heterocycles. The molecular weight excluding hydrogens is 354 g/mol. The molecule has 6 heteroatoms. The summed E-state index contributed by atoms with van der Waals surface area (Å²) in [5, 5.41) is 3.85. The number of para-hydroxylation sites is 2. The van der Waals surface area contributed by atoms with Crippen LogP contribution in [0.1, 0.15) is 0 Å². The van der Waals surface area contributed by atoms with Crippen LogP contribution in [0.2, 0.25) is 0 Å². The second-order valence-electron chi connectivity index (χ2n) is 6.12. The van der Waals surface area contributed by atoms with Gasteiger partial charge >= 0.3 is 5.76 Å². The highest BCUT2D eigenvalue weighted by Gasteiger charge is 2.22. The Morgan fingerprint density at radius 2 is 1.32 bits per heavy atom. The Morgan fingerprint density at radius 1 is 0.821 bits per heavy atom. The van der Waals surface area contributed by atoms with Gasteiger partial charge in [0.25, 0.3) is 5.91 Å². The number of carbonyl (C=O) groups excluding carboxylic acids is 1. The lowest BCUT2D eigenvalue weighted by atomic mass is 10.2. The number of hydrogen-bond donors (Lipinski definition) is 0. The average molecular weight is 371 g/mol. The van der Waals surface area contributed by atoms with Crippen molar-refractivity contribution in [2.24, 2.45) is 0 Å². The summed E-state index contributed by atoms with van der Waals surface area (Å²) in [4.78, 5) is 27.0. The highest BCUT2D eigenvalue weighted by atomic mass is 16.5. The Morgan fingerprint density at radius 3 is 1.86 bits per heavy atom. The molecule has 3 aromatic carbocycles. The highest BCUT2D eigenvalue weighted by Crippen LogP contribution is 2.26. The number of aromatic nitrogens is 2. The molecule has 0 spiro atoms. The van der Waals surface area contributed by atoms with Crippen LogP contribution in [-0.2, 0) is 11.3 Å². The van der Waals surface area contributed by atoms with Crippen LogP contribution in [0.4, 0.5) is 11.4 Å². The molecule has 0 aliphatic rings. The summed E-state index contributed by atoms with van der Waals surface area (Å²) >= 11 is 0. The van der Waals surface area contributed by atoms with Crippen LogP contribution < -0.4 is 10.7 Å². The number of benzene rings is 3. The molecule has 1 aromatic heterocycles. The van der Waals surface area contributed by atoms with Gasteiger partial charge in [-0.1, -0.05) is 71.9 Å². The van der Waals surface area contributed by atoms with Gasteiger partial charge in [0.05, 0.1) is 0 Å². The first-order valence-electron chi connectivity index (χ1n) is 8.79. The fraction of sp³-hybridized carbons (Fsp3) is 0.0455. The fourth-order valence-electron chi connectivity index (χ4n) is 3.00. The lowest BCUT2D eigenvalue weighted by molar-refractivity contribution is -0.118. The fourth-order valence-corrected chi connectivity index (χ4v) is 3.00. The topological polar surface area (TPSA) is 68.3 Å². The summed E-state index contributed by atoms with van der Waals surface area (Å²) in [7, 11) is 0. The van der Waals surface area contributed by atoms with Gasteiger partial charge in [-0.05, 0) is 24.3 Å². The molecule has 0 unspecified atom stereocenters. The summed E-state index contributed by atoms with van der Waals surface area (Å²) in [6, 6.07) is 27.8. The molecule has 6 nitrogen and oxygen atoms in total. The summed E-state index contributed by atoms with van der Waals surface area (Å²) in [6.07, 6.45) is 0. The molecule has 4 aromatic rings. The largest absolute Gasteiger partial charge is 0.442 e. The Hall–Kier alpha value is -3.93. The molecule has 0 aliphatic heterocycles. The molecule has 28 heavy (non-hydrogen) atoms. The van der Waals surface area contributed by atoms with Gasteiger partial charge in [0.2, 0.25) is 0 Å². The number of rotatable bonds is 5. The second-order valence-corrected chi connectivity index (χ2v) is 6.12. The van der Waals surface area contributed by atoms with Crippen molar-refractivity contribution in [2.75, 3.05) is 4.90 Å². The number of carbonyl (C=O) groups is 1. The van der Waals surface area contributed by atoms with Crippen LogP contribution in [0.3, 0.4) is 0 Å². The van der Waals surface area contributed by atoms with Crippen molar-refractivity contribution < 1.29 is 9.32 Å². The molecule has 0 saturated carbocycles. The standard InChI is InChI=1S/C22H17N3O3/c26-20(16-24-21(23-28-22(24)27)17-10-4-1-5-11-17)25(18-12-6-2-7-13-18)19-14-8-3-9-15-19/h1-15H,16H2. The first-order valence-corrected chi connectivity index (χ1v) is 8.79. The summed E-state index contributed by atoms with van der Waals surface area (Å²) in [5.41, 5.74) is 2.13. The minimum atomic E-state index is -0.673. The molecule has 4 rings (SSSR count). The van der Waals surface area contributed by atoms with Gasteiger partial charge in [-0.15, -0.1) is 0 Å². The van der Waals surface area contributed by atoms with Gasteiger partial charge in [0.15, 0.2) is 5.82 Å². The zero-order chi connectivity index (χ0) is 19.3. The lowest BCUT2D eigenvalue weighted by Gasteiger charge is -2.23. The summed E-state index contributed by atoms with van der Waals surface area (Å²) in [6.45, 7) is -0.198. The summed E-state index contributed by atoms with van der Waals surface area (Å²) in [5.74, 6) is -0.631. The van der Waals surface area contributed by atoms with Crippen molar-refractivity contribution >= 4 is 17.3 Å². The zero-order valence-electron chi connectivity index (χ0n) is 14.9. The van der Waals surface area contributed by atoms with Gasteiger partial charge < -0.3 is 0 Å². The van der Waals surface area contributed by atoms with E-state index in [4.69, 9.17) is 4.52 Å². The third-order valence-electron chi connectivity index (χ3n) is 4.29. The maximum atomic E-state index is 13.2. The molecule has 0 aliphatic carbocycles. The Balaban J connectivity index is 1.72. The molecule has 0 radical (unpaired) electrons. The molecule has 1 heterocycles. The van der Waals surface area contributed by atoms with E-state index in [2.05, 4.69) is 5.16 Å². The monoisotopic (exact) mass is 371 g/mol. The normalized spacial score (nSPS) is 10.6. The Kier molecular flexibility index (Phi) is 4.84. The van der Waals surface area contributed by atoms with E-state index in [1.165, 1.54) is 4.57 Å². The lowest BCUT2D eigenvalue weighted by Crippen LogP contribution is -2.32. The highest BCUT2D eigenvalue weighted by molar-refractivity contribution is 6.00. The van der Waals surface area contributed by atoms with Crippen molar-refractivity contribution in [3.05, 3.63) is 102 Å². The molecule has 0 atom stereocenters. The van der Waals surface area contributed by atoms with Gasteiger partial charge in [-0.2, -0.15) is 0 Å². The first kappa shape index (κ1) is 17.5. The van der Waals surface area contributed by atoms with Crippen LogP contribution in [-0.4, -0.2) is 15.6 Å². The number of amides is 1. The van der Waals surface area contributed by atoms with E-state index in [0.29, 0.717) is 22.8 Å². The second kappa shape index (κ2) is 7.75. The molecular formula is C22H17N3O3. The van der Waals surface area contributed by atoms with Crippen LogP contribution in [0.25, 0.3) is 11.4 Å². The number of hydrogen-bond acceptors (Lipinski definition) is 4. The Bertz CT molecular complexity index is 1080. The van der Waals surface area contributed by atoms with Gasteiger partial charge in [0.1, 0.15) is 6.54 Å². The van der Waals surface area contributed by atoms with Crippen molar-refractivity contribution in [1.82, 2.24) is 9.72 Å². The van der Waals surface area contributed by atoms with Crippen LogP contribution in [0.15, 0.2) is 100 Å². The van der Waals surface area contributed by atoms with Crippen molar-refractivity contribution in [3.8, 4) is 11.4 Å². The average Bonchev–Trinajstić information content (AvgIpc) is 3.11. The van der Waals surface area contributed by atoms with E-state index in [1.54, 1.807) is 4.90 Å². The van der Waals surface area contributed by atoms with Crippen LogP contribution >= 0.6 is 0 Å². The van der Waals surface area contributed by atoms with E-state index in [9.17, 15) is 9.59 Å². The smallest absolute Gasteiger partial charge is 0.295 e. The van der Waals surface area contributed by atoms with Crippen LogP contribution in [0, 0.1) is 0 Å². The first-order chi connectivity index (χ1) is 13.7. The minimum absolute atomic E-state index is 0.198. The predicted molar refractivity (Wildman–Crippen MR) is 106 cm³/mol. The van der Waals surface area contributed by atoms with Crippen molar-refractivity contribution in [3.63, 3.8) is 0 Å². The van der Waals surface area contributed by atoms with Crippen molar-refractivity contribution in [1.29, 1.82) is 0 Å². The maximum absolute atomic E-state index is 13.2. The zero-order valence-corrected chi connectivity index (χ0v) is 14.9. The third-order valence-corrected chi connectivity index (χ3v) is 4.29.